The minimum Gasteiger partial charge on any atom is -0.503 e. The number of ether oxygens (including phenoxy) is 1. The number of hydrogen-bond donors (Lipinski definition) is 3. The van der Waals surface area contributed by atoms with Gasteiger partial charge >= 0.3 is 0 Å². The van der Waals surface area contributed by atoms with Crippen LogP contribution >= 0.6 is 11.6 Å². The molecule has 0 unspecified atom stereocenters. The average molecular weight is 482 g/mol. The molecular formula is C27H32ClN3O3. The van der Waals surface area contributed by atoms with Gasteiger partial charge in [0.15, 0.2) is 17.3 Å². The van der Waals surface area contributed by atoms with Crippen LogP contribution in [0, 0.1) is 5.92 Å². The fourth-order valence-corrected chi connectivity index (χ4v) is 4.79. The lowest BCUT2D eigenvalue weighted by molar-refractivity contribution is 0.0968. The number of hydrogen-bond acceptors (Lipinski definition) is 6. The molecule has 7 heteroatoms. The Morgan fingerprint density at radius 1 is 1.21 bits per heavy atom. The van der Waals surface area contributed by atoms with Gasteiger partial charge in [0.2, 0.25) is 0 Å². The molecule has 0 radical (unpaired) electrons. The first-order valence-corrected chi connectivity index (χ1v) is 12.2. The van der Waals surface area contributed by atoms with Crippen molar-refractivity contribution in [1.82, 2.24) is 4.98 Å². The molecule has 1 heterocycles. The largest absolute Gasteiger partial charge is 0.503 e. The Kier molecular flexibility index (Phi) is 7.29. The third-order valence-electron chi connectivity index (χ3n) is 6.46. The lowest BCUT2D eigenvalue weighted by Gasteiger charge is -2.29. The molecule has 0 amide bonds. The van der Waals surface area contributed by atoms with Crippen LogP contribution in [0.15, 0.2) is 36.5 Å². The maximum absolute atomic E-state index is 13.2. The monoisotopic (exact) mass is 481 g/mol. The number of benzene rings is 2. The fraction of sp³-hybridized carbons (Fsp3) is 0.407. The number of Topliss-reactive ketones (excluding diaryl/α,β-unsaturated/α-hetero) is 1. The Labute approximate surface area is 205 Å². The van der Waals surface area contributed by atoms with Crippen molar-refractivity contribution in [3.63, 3.8) is 0 Å². The van der Waals surface area contributed by atoms with Gasteiger partial charge in [-0.2, -0.15) is 0 Å². The van der Waals surface area contributed by atoms with E-state index in [2.05, 4.69) is 10.3 Å². The van der Waals surface area contributed by atoms with Gasteiger partial charge in [-0.05, 0) is 67.0 Å². The van der Waals surface area contributed by atoms with Crippen LogP contribution in [0.4, 0.5) is 5.69 Å². The quantitative estimate of drug-likeness (QED) is 0.348. The number of phenolic OH excluding ortho intramolecular Hbond substituents is 1. The topological polar surface area (TPSA) is 97.5 Å². The number of fused-ring (bicyclic) bond motifs is 1. The predicted molar refractivity (Wildman–Crippen MR) is 138 cm³/mol. The first-order valence-electron chi connectivity index (χ1n) is 11.8. The Balaban J connectivity index is 1.83. The Bertz CT molecular complexity index is 1200. The van der Waals surface area contributed by atoms with Crippen LogP contribution in [0.3, 0.4) is 0 Å². The maximum atomic E-state index is 13.2. The number of phenols is 1. The van der Waals surface area contributed by atoms with E-state index >= 15 is 0 Å². The summed E-state index contributed by atoms with van der Waals surface area (Å²) in [5, 5.41) is 14.9. The SMILES string of the molecule is COc1cc(-c2ccc3ncc(C(=O)CC(C)C)c(N[C@H]4CC[C@H](N)CC4)c3c2)cc(Cl)c1O. The van der Waals surface area contributed by atoms with Crippen molar-refractivity contribution in [2.75, 3.05) is 12.4 Å². The van der Waals surface area contributed by atoms with E-state index in [0.29, 0.717) is 17.7 Å². The number of aromatic hydroxyl groups is 1. The highest BCUT2D eigenvalue weighted by molar-refractivity contribution is 6.32. The number of nitrogens with two attached hydrogens (primary N) is 1. The van der Waals surface area contributed by atoms with E-state index in [-0.39, 0.29) is 34.6 Å². The van der Waals surface area contributed by atoms with Crippen LogP contribution in [0.1, 0.15) is 56.3 Å². The van der Waals surface area contributed by atoms with E-state index in [1.165, 1.54) is 7.11 Å². The van der Waals surface area contributed by atoms with Gasteiger partial charge in [0, 0.05) is 30.1 Å². The van der Waals surface area contributed by atoms with Crippen molar-refractivity contribution in [2.24, 2.45) is 11.7 Å². The number of ketones is 1. The summed E-state index contributed by atoms with van der Waals surface area (Å²) < 4.78 is 5.28. The zero-order valence-corrected chi connectivity index (χ0v) is 20.7. The Hall–Kier alpha value is -2.83. The molecule has 2 aromatic carbocycles. The smallest absolute Gasteiger partial charge is 0.176 e. The summed E-state index contributed by atoms with van der Waals surface area (Å²) in [6, 6.07) is 9.87. The second kappa shape index (κ2) is 10.2. The molecule has 0 aliphatic heterocycles. The van der Waals surface area contributed by atoms with Crippen LogP contribution in [0.25, 0.3) is 22.0 Å². The van der Waals surface area contributed by atoms with Crippen LogP contribution < -0.4 is 15.8 Å². The van der Waals surface area contributed by atoms with E-state index in [1.54, 1.807) is 18.3 Å². The number of rotatable bonds is 7. The predicted octanol–water partition coefficient (Wildman–Crippen LogP) is 6.18. The highest BCUT2D eigenvalue weighted by atomic mass is 35.5. The van der Waals surface area contributed by atoms with Gasteiger partial charge in [0.25, 0.3) is 0 Å². The fourth-order valence-electron chi connectivity index (χ4n) is 4.58. The van der Waals surface area contributed by atoms with Crippen molar-refractivity contribution in [1.29, 1.82) is 0 Å². The van der Waals surface area contributed by atoms with E-state index in [4.69, 9.17) is 22.1 Å². The molecule has 0 spiro atoms. The number of anilines is 1. The van der Waals surface area contributed by atoms with E-state index in [0.717, 1.165) is 53.4 Å². The van der Waals surface area contributed by atoms with E-state index < -0.39 is 0 Å². The lowest BCUT2D eigenvalue weighted by Crippen LogP contribution is -2.33. The van der Waals surface area contributed by atoms with Gasteiger partial charge in [0.05, 0.1) is 28.9 Å². The summed E-state index contributed by atoms with van der Waals surface area (Å²) in [5.41, 5.74) is 10.1. The number of aromatic nitrogens is 1. The third kappa shape index (κ3) is 5.13. The molecule has 4 rings (SSSR count). The average Bonchev–Trinajstić information content (AvgIpc) is 2.81. The third-order valence-corrected chi connectivity index (χ3v) is 6.75. The van der Waals surface area contributed by atoms with Crippen molar-refractivity contribution in [3.05, 3.63) is 47.1 Å². The summed E-state index contributed by atoms with van der Waals surface area (Å²) in [4.78, 5) is 17.8. The zero-order valence-electron chi connectivity index (χ0n) is 19.9. The molecule has 1 saturated carbocycles. The molecule has 3 aromatic rings. The molecule has 1 fully saturated rings. The standard InChI is InChI=1S/C27H32ClN3O3/c1-15(2)10-24(32)21-14-30-23-9-4-16(17-12-22(28)27(33)25(13-17)34-3)11-20(23)26(21)31-19-7-5-18(29)6-8-19/h4,9,11-15,18-19,33H,5-8,10,29H2,1-3H3,(H,30,31)/t18-,19-. The number of nitrogens with zero attached hydrogens (tertiary/aromatic N) is 1. The van der Waals surface area contributed by atoms with Gasteiger partial charge in [-0.25, -0.2) is 0 Å². The molecule has 0 bridgehead atoms. The van der Waals surface area contributed by atoms with Crippen molar-refractivity contribution < 1.29 is 14.6 Å². The molecule has 6 nitrogen and oxygen atoms in total. The molecule has 0 saturated heterocycles. The number of carbonyl (C=O) groups is 1. The Morgan fingerprint density at radius 3 is 2.62 bits per heavy atom. The first-order chi connectivity index (χ1) is 16.3. The summed E-state index contributed by atoms with van der Waals surface area (Å²) >= 11 is 6.24. The molecule has 0 atom stereocenters. The minimum atomic E-state index is -0.0881. The maximum Gasteiger partial charge on any atom is 0.176 e. The Morgan fingerprint density at radius 2 is 1.94 bits per heavy atom. The number of methoxy groups -OCH3 is 1. The van der Waals surface area contributed by atoms with E-state index in [1.807, 2.05) is 32.0 Å². The second-order valence-corrected chi connectivity index (χ2v) is 9.97. The number of pyridine rings is 1. The molecule has 1 aliphatic carbocycles. The van der Waals surface area contributed by atoms with Crippen molar-refractivity contribution in [2.45, 2.75) is 58.0 Å². The van der Waals surface area contributed by atoms with Gasteiger partial charge < -0.3 is 20.9 Å². The molecule has 34 heavy (non-hydrogen) atoms. The van der Waals surface area contributed by atoms with Crippen LogP contribution in [-0.4, -0.2) is 35.1 Å². The van der Waals surface area contributed by atoms with Crippen LogP contribution in [0.2, 0.25) is 5.02 Å². The van der Waals surface area contributed by atoms with Crippen LogP contribution in [-0.2, 0) is 0 Å². The van der Waals surface area contributed by atoms with Crippen molar-refractivity contribution in [3.8, 4) is 22.6 Å². The number of halogens is 1. The number of nitrogens with one attached hydrogen (secondary N) is 1. The summed E-state index contributed by atoms with van der Waals surface area (Å²) in [7, 11) is 1.49. The first kappa shape index (κ1) is 24.3. The lowest BCUT2D eigenvalue weighted by atomic mass is 9.90. The summed E-state index contributed by atoms with van der Waals surface area (Å²) in [6.07, 6.45) is 6.02. The van der Waals surface area contributed by atoms with Crippen LogP contribution in [0.5, 0.6) is 11.5 Å². The molecule has 1 aromatic heterocycles. The highest BCUT2D eigenvalue weighted by Gasteiger charge is 2.23. The van der Waals surface area contributed by atoms with Gasteiger partial charge in [-0.1, -0.05) is 31.5 Å². The van der Waals surface area contributed by atoms with E-state index in [9.17, 15) is 9.90 Å². The highest BCUT2D eigenvalue weighted by Crippen LogP contribution is 2.40. The molecule has 4 N–H and O–H groups in total. The minimum absolute atomic E-state index is 0.0826. The summed E-state index contributed by atoms with van der Waals surface area (Å²) in [5.74, 6) is 0.550. The molecule has 1 aliphatic rings. The second-order valence-electron chi connectivity index (χ2n) is 9.56. The van der Waals surface area contributed by atoms with Gasteiger partial charge in [0.1, 0.15) is 0 Å². The van der Waals surface area contributed by atoms with Gasteiger partial charge in [-0.3, -0.25) is 9.78 Å². The normalized spacial score (nSPS) is 18.3. The number of carbonyl (C=O) groups excluding carboxylic acids is 1. The summed E-state index contributed by atoms with van der Waals surface area (Å²) in [6.45, 7) is 4.09. The molecular weight excluding hydrogens is 450 g/mol. The van der Waals surface area contributed by atoms with Crippen molar-refractivity contribution >= 4 is 34.0 Å². The zero-order chi connectivity index (χ0) is 24.4. The van der Waals surface area contributed by atoms with Gasteiger partial charge in [-0.15, -0.1) is 0 Å². The molecule has 180 valence electrons.